The molecular weight excluding hydrogens is 268 g/mol. The Hall–Kier alpha value is -1.29. The van der Waals surface area contributed by atoms with Crippen molar-refractivity contribution >= 4 is 17.3 Å². The third kappa shape index (κ3) is 3.63. The number of nitrogens with one attached hydrogen (secondary N) is 1. The maximum absolute atomic E-state index is 5.56. The molecule has 0 radical (unpaired) electrons. The Morgan fingerprint density at radius 2 is 2.05 bits per heavy atom. The van der Waals surface area contributed by atoms with Gasteiger partial charge in [0.05, 0.1) is 7.11 Å². The van der Waals surface area contributed by atoms with Crippen LogP contribution in [-0.4, -0.2) is 29.7 Å². The minimum absolute atomic E-state index is 0.562. The predicted molar refractivity (Wildman–Crippen MR) is 87.1 cm³/mol. The molecule has 0 aromatic heterocycles. The van der Waals surface area contributed by atoms with Crippen LogP contribution in [0.5, 0.6) is 5.75 Å². The first-order chi connectivity index (χ1) is 9.76. The number of nitrogens with zero attached hydrogens (tertiary/aromatic N) is 1. The standard InChI is InChI=1S/C16H24N2OS/c1-3-17-16(20)18(14-9-5-6-10-14)12-13-8-4-7-11-15(13)19-2/h4,7-8,11,14H,3,5-6,9-10,12H2,1-2H3,(H,17,20). The van der Waals surface area contributed by atoms with E-state index >= 15 is 0 Å². The maximum atomic E-state index is 5.56. The van der Waals surface area contributed by atoms with Gasteiger partial charge in [-0.05, 0) is 38.0 Å². The summed E-state index contributed by atoms with van der Waals surface area (Å²) in [6.07, 6.45) is 5.09. The topological polar surface area (TPSA) is 24.5 Å². The van der Waals surface area contributed by atoms with Crippen molar-refractivity contribution in [3.63, 3.8) is 0 Å². The van der Waals surface area contributed by atoms with Crippen molar-refractivity contribution < 1.29 is 4.74 Å². The van der Waals surface area contributed by atoms with Gasteiger partial charge in [0, 0.05) is 24.7 Å². The summed E-state index contributed by atoms with van der Waals surface area (Å²) in [5.74, 6) is 0.940. The summed E-state index contributed by atoms with van der Waals surface area (Å²) in [4.78, 5) is 2.34. The Kier molecular flexibility index (Phi) is 5.65. The van der Waals surface area contributed by atoms with E-state index in [1.807, 2.05) is 12.1 Å². The van der Waals surface area contributed by atoms with Crippen molar-refractivity contribution in [3.05, 3.63) is 29.8 Å². The summed E-state index contributed by atoms with van der Waals surface area (Å²) in [6.45, 7) is 3.77. The van der Waals surface area contributed by atoms with E-state index in [2.05, 4.69) is 29.3 Å². The molecule has 110 valence electrons. The minimum atomic E-state index is 0.562. The predicted octanol–water partition coefficient (Wildman–Crippen LogP) is 3.33. The van der Waals surface area contributed by atoms with Gasteiger partial charge in [0.2, 0.25) is 0 Å². The zero-order valence-electron chi connectivity index (χ0n) is 12.4. The number of ether oxygens (including phenoxy) is 1. The fraction of sp³-hybridized carbons (Fsp3) is 0.562. The Morgan fingerprint density at radius 3 is 2.70 bits per heavy atom. The fourth-order valence-corrected chi connectivity index (χ4v) is 3.21. The van der Waals surface area contributed by atoms with Gasteiger partial charge in [-0.3, -0.25) is 0 Å². The van der Waals surface area contributed by atoms with Crippen LogP contribution in [0.2, 0.25) is 0 Å². The lowest BCUT2D eigenvalue weighted by Gasteiger charge is -2.32. The van der Waals surface area contributed by atoms with Crippen molar-refractivity contribution in [1.82, 2.24) is 10.2 Å². The molecule has 4 heteroatoms. The van der Waals surface area contributed by atoms with Crippen LogP contribution in [-0.2, 0) is 6.54 Å². The Balaban J connectivity index is 2.16. The molecule has 0 heterocycles. The Bertz CT molecular complexity index is 444. The summed E-state index contributed by atoms with van der Waals surface area (Å²) in [5.41, 5.74) is 1.20. The van der Waals surface area contributed by atoms with E-state index < -0.39 is 0 Å². The van der Waals surface area contributed by atoms with Gasteiger partial charge in [0.25, 0.3) is 0 Å². The van der Waals surface area contributed by atoms with Gasteiger partial charge in [0.15, 0.2) is 5.11 Å². The number of methoxy groups -OCH3 is 1. The highest BCUT2D eigenvalue weighted by Crippen LogP contribution is 2.27. The molecule has 0 amide bonds. The second-order valence-corrected chi connectivity index (χ2v) is 5.60. The van der Waals surface area contributed by atoms with Crippen LogP contribution in [0.1, 0.15) is 38.2 Å². The molecule has 1 fully saturated rings. The second kappa shape index (κ2) is 7.48. The van der Waals surface area contributed by atoms with E-state index in [4.69, 9.17) is 17.0 Å². The minimum Gasteiger partial charge on any atom is -0.496 e. The normalized spacial score (nSPS) is 15.1. The zero-order valence-corrected chi connectivity index (χ0v) is 13.2. The monoisotopic (exact) mass is 292 g/mol. The summed E-state index contributed by atoms with van der Waals surface area (Å²) in [5, 5.41) is 4.16. The van der Waals surface area contributed by atoms with Gasteiger partial charge < -0.3 is 15.0 Å². The van der Waals surface area contributed by atoms with Crippen LogP contribution in [0.25, 0.3) is 0 Å². The van der Waals surface area contributed by atoms with Gasteiger partial charge in [-0.2, -0.15) is 0 Å². The average Bonchev–Trinajstić information content (AvgIpc) is 2.99. The van der Waals surface area contributed by atoms with Crippen molar-refractivity contribution in [1.29, 1.82) is 0 Å². The van der Waals surface area contributed by atoms with E-state index in [0.29, 0.717) is 6.04 Å². The average molecular weight is 292 g/mol. The molecule has 0 bridgehead atoms. The fourth-order valence-electron chi connectivity index (χ4n) is 2.85. The van der Waals surface area contributed by atoms with E-state index in [1.54, 1.807) is 7.11 Å². The molecule has 1 aromatic carbocycles. The van der Waals surface area contributed by atoms with E-state index in [9.17, 15) is 0 Å². The van der Waals surface area contributed by atoms with Gasteiger partial charge in [-0.15, -0.1) is 0 Å². The number of hydrogen-bond acceptors (Lipinski definition) is 2. The van der Waals surface area contributed by atoms with Crippen LogP contribution < -0.4 is 10.1 Å². The van der Waals surface area contributed by atoms with Crippen LogP contribution in [0.3, 0.4) is 0 Å². The molecule has 1 aliphatic carbocycles. The summed E-state index contributed by atoms with van der Waals surface area (Å²) >= 11 is 5.56. The third-order valence-electron chi connectivity index (χ3n) is 3.89. The van der Waals surface area contributed by atoms with Crippen molar-refractivity contribution in [2.75, 3.05) is 13.7 Å². The lowest BCUT2D eigenvalue weighted by atomic mass is 10.1. The Morgan fingerprint density at radius 1 is 1.35 bits per heavy atom. The van der Waals surface area contributed by atoms with E-state index in [-0.39, 0.29) is 0 Å². The quantitative estimate of drug-likeness (QED) is 0.841. The molecule has 3 nitrogen and oxygen atoms in total. The molecule has 1 aliphatic rings. The Labute approximate surface area is 127 Å². The summed E-state index contributed by atoms with van der Waals surface area (Å²) < 4.78 is 5.46. The van der Waals surface area contributed by atoms with Crippen molar-refractivity contribution in [2.45, 2.75) is 45.2 Å². The number of hydrogen-bond donors (Lipinski definition) is 1. The first kappa shape index (κ1) is 15.1. The molecule has 1 aromatic rings. The largest absolute Gasteiger partial charge is 0.496 e. The number of benzene rings is 1. The van der Waals surface area contributed by atoms with Crippen LogP contribution in [0.4, 0.5) is 0 Å². The van der Waals surface area contributed by atoms with Crippen molar-refractivity contribution in [2.24, 2.45) is 0 Å². The lowest BCUT2D eigenvalue weighted by Crippen LogP contribution is -2.44. The first-order valence-electron chi connectivity index (χ1n) is 7.42. The molecule has 0 atom stereocenters. The third-order valence-corrected chi connectivity index (χ3v) is 4.27. The number of thiocarbonyl (C=S) groups is 1. The molecular formula is C16H24N2OS. The van der Waals surface area contributed by atoms with E-state index in [0.717, 1.165) is 24.0 Å². The summed E-state index contributed by atoms with van der Waals surface area (Å²) in [6, 6.07) is 8.76. The maximum Gasteiger partial charge on any atom is 0.169 e. The highest BCUT2D eigenvalue weighted by atomic mass is 32.1. The van der Waals surface area contributed by atoms with Gasteiger partial charge in [-0.25, -0.2) is 0 Å². The van der Waals surface area contributed by atoms with Crippen LogP contribution in [0.15, 0.2) is 24.3 Å². The van der Waals surface area contributed by atoms with Crippen molar-refractivity contribution in [3.8, 4) is 5.75 Å². The highest BCUT2D eigenvalue weighted by Gasteiger charge is 2.25. The van der Waals surface area contributed by atoms with E-state index in [1.165, 1.54) is 31.2 Å². The molecule has 0 spiro atoms. The second-order valence-electron chi connectivity index (χ2n) is 5.21. The number of rotatable bonds is 5. The van der Waals surface area contributed by atoms with Crippen LogP contribution in [0, 0.1) is 0 Å². The summed E-state index contributed by atoms with van der Waals surface area (Å²) in [7, 11) is 1.72. The SMILES string of the molecule is CCNC(=S)N(Cc1ccccc1OC)C1CCCC1. The zero-order chi connectivity index (χ0) is 14.4. The smallest absolute Gasteiger partial charge is 0.169 e. The van der Waals surface area contributed by atoms with Gasteiger partial charge in [-0.1, -0.05) is 31.0 Å². The number of para-hydroxylation sites is 1. The molecule has 1 N–H and O–H groups in total. The highest BCUT2D eigenvalue weighted by molar-refractivity contribution is 7.80. The molecule has 1 saturated carbocycles. The molecule has 20 heavy (non-hydrogen) atoms. The van der Waals surface area contributed by atoms with Crippen LogP contribution >= 0.6 is 12.2 Å². The molecule has 2 rings (SSSR count). The molecule has 0 unspecified atom stereocenters. The van der Waals surface area contributed by atoms with Gasteiger partial charge in [0.1, 0.15) is 5.75 Å². The molecule has 0 saturated heterocycles. The molecule has 0 aliphatic heterocycles. The lowest BCUT2D eigenvalue weighted by molar-refractivity contribution is 0.298. The first-order valence-corrected chi connectivity index (χ1v) is 7.83. The van der Waals surface area contributed by atoms with Gasteiger partial charge >= 0.3 is 0 Å².